The number of carboxylic acid groups (broad SMARTS) is 1. The third-order valence-electron chi connectivity index (χ3n) is 3.02. The highest BCUT2D eigenvalue weighted by Gasteiger charge is 2.32. The quantitative estimate of drug-likeness (QED) is 0.884. The zero-order chi connectivity index (χ0) is 14.7. The second-order valence-corrected chi connectivity index (χ2v) is 5.54. The van der Waals surface area contributed by atoms with Crippen LogP contribution in [0.15, 0.2) is 22.7 Å². The number of amides is 1. The number of nitrogens with zero attached hydrogens (tertiary/aromatic N) is 1. The average Bonchev–Trinajstić information content (AvgIpc) is 2.31. The van der Waals surface area contributed by atoms with Gasteiger partial charge in [-0.1, -0.05) is 15.9 Å². The van der Waals surface area contributed by atoms with Crippen molar-refractivity contribution in [2.75, 3.05) is 19.7 Å². The minimum atomic E-state index is -0.865. The molecule has 1 fully saturated rings. The predicted octanol–water partition coefficient (Wildman–Crippen LogP) is 1.90. The third-order valence-corrected chi connectivity index (χ3v) is 3.51. The zero-order valence-corrected chi connectivity index (χ0v) is 12.1. The van der Waals surface area contributed by atoms with Gasteiger partial charge in [0.05, 0.1) is 6.42 Å². The summed E-state index contributed by atoms with van der Waals surface area (Å²) in [5, 5.41) is 8.61. The third kappa shape index (κ3) is 3.69. The van der Waals surface area contributed by atoms with Gasteiger partial charge in [-0.05, 0) is 18.2 Å². The van der Waals surface area contributed by atoms with E-state index in [1.807, 2.05) is 0 Å². The van der Waals surface area contributed by atoms with E-state index in [4.69, 9.17) is 9.84 Å². The van der Waals surface area contributed by atoms with E-state index < -0.39 is 11.8 Å². The number of likely N-dealkylation sites (tertiary alicyclic amines) is 1. The van der Waals surface area contributed by atoms with Crippen LogP contribution in [0.2, 0.25) is 0 Å². The second-order valence-electron chi connectivity index (χ2n) is 4.63. The largest absolute Gasteiger partial charge is 0.481 e. The van der Waals surface area contributed by atoms with Gasteiger partial charge < -0.3 is 14.7 Å². The summed E-state index contributed by atoms with van der Waals surface area (Å²) in [6.45, 7) is 0.576. The van der Waals surface area contributed by atoms with Crippen LogP contribution in [0.3, 0.4) is 0 Å². The number of carboxylic acids is 1. The van der Waals surface area contributed by atoms with Gasteiger partial charge in [-0.25, -0.2) is 4.39 Å². The first kappa shape index (κ1) is 14.8. The van der Waals surface area contributed by atoms with Gasteiger partial charge in [0.2, 0.25) is 0 Å². The van der Waals surface area contributed by atoms with Crippen molar-refractivity contribution in [1.82, 2.24) is 4.90 Å². The molecule has 0 atom stereocenters. The molecule has 1 aliphatic heterocycles. The number of aliphatic carboxylic acids is 1. The van der Waals surface area contributed by atoms with Crippen LogP contribution >= 0.6 is 15.9 Å². The highest BCUT2D eigenvalue weighted by Crippen LogP contribution is 2.22. The van der Waals surface area contributed by atoms with Crippen molar-refractivity contribution in [3.8, 4) is 5.75 Å². The van der Waals surface area contributed by atoms with Crippen molar-refractivity contribution in [3.05, 3.63) is 28.5 Å². The van der Waals surface area contributed by atoms with Gasteiger partial charge in [0.1, 0.15) is 0 Å². The molecule has 0 aromatic heterocycles. The Morgan fingerprint density at radius 2 is 2.15 bits per heavy atom. The summed E-state index contributed by atoms with van der Waals surface area (Å²) < 4.78 is 19.2. The van der Waals surface area contributed by atoms with Crippen LogP contribution in [-0.2, 0) is 9.59 Å². The summed E-state index contributed by atoms with van der Waals surface area (Å²) >= 11 is 3.13. The van der Waals surface area contributed by atoms with Crippen molar-refractivity contribution in [3.63, 3.8) is 0 Å². The fraction of sp³-hybridized carbons (Fsp3) is 0.385. The van der Waals surface area contributed by atoms with Crippen molar-refractivity contribution < 1.29 is 23.8 Å². The van der Waals surface area contributed by atoms with Crippen LogP contribution in [0.25, 0.3) is 0 Å². The van der Waals surface area contributed by atoms with Crippen LogP contribution in [0.1, 0.15) is 6.42 Å². The molecule has 0 saturated carbocycles. The molecule has 1 amide bonds. The Labute approximate surface area is 123 Å². The maximum Gasteiger partial charge on any atom is 0.303 e. The molecule has 1 saturated heterocycles. The van der Waals surface area contributed by atoms with E-state index in [1.165, 1.54) is 17.0 Å². The smallest absolute Gasteiger partial charge is 0.303 e. The van der Waals surface area contributed by atoms with E-state index in [1.54, 1.807) is 6.07 Å². The molecule has 0 aliphatic carbocycles. The number of ether oxygens (including phenoxy) is 1. The summed E-state index contributed by atoms with van der Waals surface area (Å²) in [5.74, 6) is -1.66. The van der Waals surface area contributed by atoms with Gasteiger partial charge in [0.15, 0.2) is 18.2 Å². The van der Waals surface area contributed by atoms with Crippen molar-refractivity contribution in [2.24, 2.45) is 5.92 Å². The summed E-state index contributed by atoms with van der Waals surface area (Å²) in [6.07, 6.45) is 0.0615. The fourth-order valence-electron chi connectivity index (χ4n) is 1.97. The number of carbonyl (C=O) groups excluding carboxylic acids is 1. The standard InChI is InChI=1S/C13H13BrFNO4/c14-9-1-2-11(10(15)4-9)20-7-12(17)16-5-8(6-16)3-13(18)19/h1-2,4,8H,3,5-7H2,(H,18,19). The number of carbonyl (C=O) groups is 2. The van der Waals surface area contributed by atoms with E-state index in [0.29, 0.717) is 17.6 Å². The lowest BCUT2D eigenvalue weighted by Gasteiger charge is -2.38. The van der Waals surface area contributed by atoms with Gasteiger partial charge >= 0.3 is 5.97 Å². The summed E-state index contributed by atoms with van der Waals surface area (Å²) in [7, 11) is 0. The van der Waals surface area contributed by atoms with Crippen LogP contribution < -0.4 is 4.74 Å². The molecule has 108 valence electrons. The number of halogens is 2. The Kier molecular flexibility index (Phi) is 4.59. The SMILES string of the molecule is O=C(O)CC1CN(C(=O)COc2ccc(Br)cc2F)C1. The number of hydrogen-bond donors (Lipinski definition) is 1. The van der Waals surface area contributed by atoms with E-state index in [-0.39, 0.29) is 30.6 Å². The molecule has 5 nitrogen and oxygen atoms in total. The molecule has 1 aliphatic rings. The average molecular weight is 346 g/mol. The highest BCUT2D eigenvalue weighted by molar-refractivity contribution is 9.10. The molecule has 0 radical (unpaired) electrons. The van der Waals surface area contributed by atoms with E-state index in [0.717, 1.165) is 0 Å². The number of hydrogen-bond acceptors (Lipinski definition) is 3. The Morgan fingerprint density at radius 1 is 1.45 bits per heavy atom. The number of rotatable bonds is 5. The minimum absolute atomic E-state index is 0.000803. The first-order chi connectivity index (χ1) is 9.45. The summed E-state index contributed by atoms with van der Waals surface area (Å²) in [5.41, 5.74) is 0. The minimum Gasteiger partial charge on any atom is -0.481 e. The molecule has 0 unspecified atom stereocenters. The molecule has 0 bridgehead atoms. The molecule has 1 N–H and O–H groups in total. The zero-order valence-electron chi connectivity index (χ0n) is 10.5. The van der Waals surface area contributed by atoms with Crippen LogP contribution in [0, 0.1) is 11.7 Å². The predicted molar refractivity (Wildman–Crippen MR) is 71.9 cm³/mol. The van der Waals surface area contributed by atoms with Crippen molar-refractivity contribution in [2.45, 2.75) is 6.42 Å². The maximum absolute atomic E-state index is 13.5. The Hall–Kier alpha value is -1.63. The molecular weight excluding hydrogens is 333 g/mol. The Bertz CT molecular complexity index is 531. The maximum atomic E-state index is 13.5. The molecule has 2 rings (SSSR count). The lowest BCUT2D eigenvalue weighted by Crippen LogP contribution is -2.52. The molecule has 1 aromatic carbocycles. The van der Waals surface area contributed by atoms with Crippen LogP contribution in [-0.4, -0.2) is 41.6 Å². The molecule has 7 heteroatoms. The first-order valence-corrected chi connectivity index (χ1v) is 6.82. The van der Waals surface area contributed by atoms with E-state index in [2.05, 4.69) is 15.9 Å². The second kappa shape index (κ2) is 6.21. The molecule has 1 heterocycles. The lowest BCUT2D eigenvalue weighted by atomic mass is 9.96. The summed E-state index contributed by atoms with van der Waals surface area (Å²) in [6, 6.07) is 4.32. The topological polar surface area (TPSA) is 66.8 Å². The van der Waals surface area contributed by atoms with Gasteiger partial charge in [-0.15, -0.1) is 0 Å². The van der Waals surface area contributed by atoms with E-state index in [9.17, 15) is 14.0 Å². The summed E-state index contributed by atoms with van der Waals surface area (Å²) in [4.78, 5) is 23.7. The lowest BCUT2D eigenvalue weighted by molar-refractivity contribution is -0.146. The van der Waals surface area contributed by atoms with E-state index >= 15 is 0 Å². The molecule has 0 spiro atoms. The van der Waals surface area contributed by atoms with Crippen LogP contribution in [0.4, 0.5) is 4.39 Å². The highest BCUT2D eigenvalue weighted by atomic mass is 79.9. The van der Waals surface area contributed by atoms with Crippen molar-refractivity contribution in [1.29, 1.82) is 0 Å². The Balaban J connectivity index is 1.78. The van der Waals surface area contributed by atoms with Gasteiger partial charge in [0, 0.05) is 23.5 Å². The molecule has 20 heavy (non-hydrogen) atoms. The molecular formula is C13H13BrFNO4. The number of benzene rings is 1. The normalized spacial score (nSPS) is 14.8. The van der Waals surface area contributed by atoms with Gasteiger partial charge in [0.25, 0.3) is 5.91 Å². The van der Waals surface area contributed by atoms with Crippen LogP contribution in [0.5, 0.6) is 5.75 Å². The van der Waals surface area contributed by atoms with Gasteiger partial charge in [-0.2, -0.15) is 0 Å². The Morgan fingerprint density at radius 3 is 2.75 bits per heavy atom. The molecule has 1 aromatic rings. The van der Waals surface area contributed by atoms with Gasteiger partial charge in [-0.3, -0.25) is 9.59 Å². The monoisotopic (exact) mass is 345 g/mol. The fourth-order valence-corrected chi connectivity index (χ4v) is 2.31. The van der Waals surface area contributed by atoms with Crippen molar-refractivity contribution >= 4 is 27.8 Å². The first-order valence-electron chi connectivity index (χ1n) is 6.03.